The largest absolute Gasteiger partial charge is 0.497 e. The highest BCUT2D eigenvalue weighted by Gasteiger charge is 2.17. The molecule has 0 spiro atoms. The van der Waals surface area contributed by atoms with E-state index in [4.69, 9.17) is 4.74 Å². The van der Waals surface area contributed by atoms with Crippen molar-refractivity contribution in [3.63, 3.8) is 0 Å². The number of hydrogen-bond donors (Lipinski definition) is 1. The van der Waals surface area contributed by atoms with Gasteiger partial charge in [0.1, 0.15) is 23.7 Å². The highest BCUT2D eigenvalue weighted by atomic mass is 16.5. The summed E-state index contributed by atoms with van der Waals surface area (Å²) in [6.07, 6.45) is 2.68. The summed E-state index contributed by atoms with van der Waals surface area (Å²) < 4.78 is 5.19. The summed E-state index contributed by atoms with van der Waals surface area (Å²) in [4.78, 5) is 11.1. The maximum Gasteiger partial charge on any atom is 0.134 e. The minimum absolute atomic E-state index is 0.712. The number of hydrogen-bond acceptors (Lipinski definition) is 5. The zero-order valence-electron chi connectivity index (χ0n) is 14.9. The monoisotopic (exact) mass is 346 g/mol. The molecular weight excluding hydrogens is 324 g/mol. The van der Waals surface area contributed by atoms with Gasteiger partial charge in [0.05, 0.1) is 7.11 Å². The van der Waals surface area contributed by atoms with E-state index in [0.29, 0.717) is 6.54 Å². The van der Waals surface area contributed by atoms with Crippen LogP contribution in [0.15, 0.2) is 60.9 Å². The highest BCUT2D eigenvalue weighted by molar-refractivity contribution is 5.51. The molecule has 5 heteroatoms. The van der Waals surface area contributed by atoms with E-state index in [1.54, 1.807) is 13.4 Å². The van der Waals surface area contributed by atoms with Crippen molar-refractivity contribution < 1.29 is 4.74 Å². The molecule has 0 atom stereocenters. The molecule has 26 heavy (non-hydrogen) atoms. The van der Waals surface area contributed by atoms with Crippen LogP contribution < -0.4 is 15.0 Å². The van der Waals surface area contributed by atoms with Crippen LogP contribution in [0.3, 0.4) is 0 Å². The fourth-order valence-electron chi connectivity index (χ4n) is 3.24. The Labute approximate surface area is 153 Å². The Morgan fingerprint density at radius 2 is 1.85 bits per heavy atom. The van der Waals surface area contributed by atoms with Gasteiger partial charge in [0.25, 0.3) is 0 Å². The number of methoxy groups -OCH3 is 1. The van der Waals surface area contributed by atoms with Crippen molar-refractivity contribution in [3.05, 3.63) is 77.6 Å². The van der Waals surface area contributed by atoms with Crippen molar-refractivity contribution in [1.82, 2.24) is 9.97 Å². The van der Waals surface area contributed by atoms with Gasteiger partial charge in [-0.05, 0) is 35.2 Å². The number of anilines is 2. The van der Waals surface area contributed by atoms with Crippen molar-refractivity contribution in [2.24, 2.45) is 0 Å². The fraction of sp³-hybridized carbons (Fsp3) is 0.238. The molecular formula is C21H22N4O. The second kappa shape index (κ2) is 7.44. The molecule has 3 aromatic rings. The third-order valence-electron chi connectivity index (χ3n) is 4.74. The van der Waals surface area contributed by atoms with E-state index in [-0.39, 0.29) is 0 Å². The summed E-state index contributed by atoms with van der Waals surface area (Å²) in [5.41, 5.74) is 4.00. The van der Waals surface area contributed by atoms with Gasteiger partial charge in [0, 0.05) is 25.7 Å². The molecule has 4 rings (SSSR count). The average Bonchev–Trinajstić information content (AvgIpc) is 2.72. The Morgan fingerprint density at radius 1 is 1.04 bits per heavy atom. The smallest absolute Gasteiger partial charge is 0.134 e. The van der Waals surface area contributed by atoms with Crippen molar-refractivity contribution >= 4 is 11.6 Å². The van der Waals surface area contributed by atoms with Gasteiger partial charge >= 0.3 is 0 Å². The van der Waals surface area contributed by atoms with E-state index in [2.05, 4.69) is 56.6 Å². The molecule has 0 fully saturated rings. The predicted octanol–water partition coefficient (Wildman–Crippen LogP) is 3.66. The summed E-state index contributed by atoms with van der Waals surface area (Å²) >= 11 is 0. The number of nitrogens with one attached hydrogen (secondary N) is 1. The molecule has 0 amide bonds. The van der Waals surface area contributed by atoms with Crippen molar-refractivity contribution in [3.8, 4) is 5.75 Å². The molecule has 0 bridgehead atoms. The van der Waals surface area contributed by atoms with Crippen LogP contribution in [0.5, 0.6) is 5.75 Å². The number of rotatable bonds is 5. The zero-order valence-corrected chi connectivity index (χ0v) is 14.9. The zero-order chi connectivity index (χ0) is 17.8. The summed E-state index contributed by atoms with van der Waals surface area (Å²) in [7, 11) is 1.68. The van der Waals surface area contributed by atoms with Gasteiger partial charge in [-0.1, -0.05) is 36.4 Å². The Kier molecular flexibility index (Phi) is 4.69. The number of fused-ring (bicyclic) bond motifs is 1. The van der Waals surface area contributed by atoms with Crippen LogP contribution in [0.2, 0.25) is 0 Å². The summed E-state index contributed by atoms with van der Waals surface area (Å²) in [5.74, 6) is 2.67. The first-order valence-corrected chi connectivity index (χ1v) is 8.82. The number of benzene rings is 2. The van der Waals surface area contributed by atoms with Crippen LogP contribution >= 0.6 is 0 Å². The molecule has 1 N–H and O–H groups in total. The molecule has 1 aliphatic rings. The molecule has 5 nitrogen and oxygen atoms in total. The van der Waals surface area contributed by atoms with Crippen LogP contribution in [0.1, 0.15) is 16.7 Å². The highest BCUT2D eigenvalue weighted by Crippen LogP contribution is 2.24. The van der Waals surface area contributed by atoms with Crippen molar-refractivity contribution in [1.29, 1.82) is 0 Å². The molecule has 132 valence electrons. The van der Waals surface area contributed by atoms with Gasteiger partial charge in [-0.15, -0.1) is 0 Å². The third-order valence-corrected chi connectivity index (χ3v) is 4.74. The van der Waals surface area contributed by atoms with Crippen molar-refractivity contribution in [2.45, 2.75) is 19.5 Å². The standard InChI is InChI=1S/C21H22N4O/c1-26-19-8-6-16(7-9-19)13-22-20-12-21(24-15-23-20)25-11-10-17-4-2-3-5-18(17)14-25/h2-9,12,15H,10-11,13-14H2,1H3,(H,22,23,24). The lowest BCUT2D eigenvalue weighted by Gasteiger charge is -2.29. The quantitative estimate of drug-likeness (QED) is 0.764. The van der Waals surface area contributed by atoms with Gasteiger partial charge in [-0.2, -0.15) is 0 Å². The van der Waals surface area contributed by atoms with Crippen LogP contribution in [-0.2, 0) is 19.5 Å². The van der Waals surface area contributed by atoms with Gasteiger partial charge in [0.15, 0.2) is 0 Å². The van der Waals surface area contributed by atoms with Crippen LogP contribution in [0.25, 0.3) is 0 Å². The molecule has 2 heterocycles. The Balaban J connectivity index is 1.43. The topological polar surface area (TPSA) is 50.3 Å². The van der Waals surface area contributed by atoms with Gasteiger partial charge < -0.3 is 15.0 Å². The van der Waals surface area contributed by atoms with E-state index in [0.717, 1.165) is 36.9 Å². The second-order valence-electron chi connectivity index (χ2n) is 6.40. The maximum absolute atomic E-state index is 5.19. The molecule has 0 unspecified atom stereocenters. The predicted molar refractivity (Wildman–Crippen MR) is 104 cm³/mol. The van der Waals surface area contributed by atoms with E-state index in [1.807, 2.05) is 18.2 Å². The third kappa shape index (κ3) is 3.61. The Morgan fingerprint density at radius 3 is 2.65 bits per heavy atom. The van der Waals surface area contributed by atoms with Gasteiger partial charge in [-0.3, -0.25) is 0 Å². The molecule has 0 aliphatic carbocycles. The van der Waals surface area contributed by atoms with E-state index >= 15 is 0 Å². The van der Waals surface area contributed by atoms with E-state index in [9.17, 15) is 0 Å². The minimum Gasteiger partial charge on any atom is -0.497 e. The number of nitrogens with zero attached hydrogens (tertiary/aromatic N) is 3. The molecule has 0 saturated carbocycles. The summed E-state index contributed by atoms with van der Waals surface area (Å²) in [6.45, 7) is 2.58. The summed E-state index contributed by atoms with van der Waals surface area (Å²) in [5, 5.41) is 3.38. The van der Waals surface area contributed by atoms with E-state index < -0.39 is 0 Å². The molecule has 0 saturated heterocycles. The number of ether oxygens (including phenoxy) is 1. The Hall–Kier alpha value is -3.08. The van der Waals surface area contributed by atoms with Gasteiger partial charge in [-0.25, -0.2) is 9.97 Å². The first kappa shape index (κ1) is 16.4. The minimum atomic E-state index is 0.712. The SMILES string of the molecule is COc1ccc(CNc2cc(N3CCc4ccccc4C3)ncn2)cc1. The fourth-order valence-corrected chi connectivity index (χ4v) is 3.24. The van der Waals surface area contributed by atoms with Gasteiger partial charge in [0.2, 0.25) is 0 Å². The van der Waals surface area contributed by atoms with Crippen molar-refractivity contribution in [2.75, 3.05) is 23.9 Å². The molecule has 1 aromatic heterocycles. The molecule has 0 radical (unpaired) electrons. The van der Waals surface area contributed by atoms with E-state index in [1.165, 1.54) is 16.7 Å². The maximum atomic E-state index is 5.19. The lowest BCUT2D eigenvalue weighted by Crippen LogP contribution is -2.31. The normalized spacial score (nSPS) is 13.2. The Bertz CT molecular complexity index is 879. The van der Waals surface area contributed by atoms with Crippen LogP contribution in [0.4, 0.5) is 11.6 Å². The second-order valence-corrected chi connectivity index (χ2v) is 6.40. The number of aromatic nitrogens is 2. The lowest BCUT2D eigenvalue weighted by atomic mass is 10.00. The molecule has 2 aromatic carbocycles. The van der Waals surface area contributed by atoms with Crippen LogP contribution in [-0.4, -0.2) is 23.6 Å². The first-order chi connectivity index (χ1) is 12.8. The first-order valence-electron chi connectivity index (χ1n) is 8.82. The van der Waals surface area contributed by atoms with Crippen LogP contribution in [0, 0.1) is 0 Å². The molecule has 1 aliphatic heterocycles. The lowest BCUT2D eigenvalue weighted by molar-refractivity contribution is 0.414. The average molecular weight is 346 g/mol. The summed E-state index contributed by atoms with van der Waals surface area (Å²) in [6, 6.07) is 18.7.